The van der Waals surface area contributed by atoms with Crippen LogP contribution in [0.15, 0.2) is 28.9 Å². The average Bonchev–Trinajstić information content (AvgIpc) is 2.33. The Labute approximate surface area is 111 Å². The first-order valence-corrected chi connectivity index (χ1v) is 6.86. The first-order valence-electron chi connectivity index (χ1n) is 6.07. The van der Waals surface area contributed by atoms with Gasteiger partial charge >= 0.3 is 0 Å². The van der Waals surface area contributed by atoms with E-state index in [0.29, 0.717) is 17.7 Å². The van der Waals surface area contributed by atoms with Gasteiger partial charge in [-0.05, 0) is 59.2 Å². The number of ether oxygens (including phenoxy) is 1. The maximum atomic E-state index is 5.84. The van der Waals surface area contributed by atoms with E-state index in [1.807, 2.05) is 13.0 Å². The molecule has 0 radical (unpaired) electrons. The predicted octanol–water partition coefficient (Wildman–Crippen LogP) is 4.13. The number of aryl methyl sites for hydroxylation is 1. The lowest BCUT2D eigenvalue weighted by Crippen LogP contribution is -2.21. The summed E-state index contributed by atoms with van der Waals surface area (Å²) in [6.07, 6.45) is 8.59. The summed E-state index contributed by atoms with van der Waals surface area (Å²) in [7, 11) is 0. The molecule has 0 N–H and O–H groups in total. The van der Waals surface area contributed by atoms with Crippen LogP contribution in [0.3, 0.4) is 0 Å². The van der Waals surface area contributed by atoms with Gasteiger partial charge in [0.05, 0.1) is 11.1 Å². The molecule has 0 bridgehead atoms. The van der Waals surface area contributed by atoms with Crippen LogP contribution in [0.25, 0.3) is 0 Å². The summed E-state index contributed by atoms with van der Waals surface area (Å²) < 4.78 is 6.81. The van der Waals surface area contributed by atoms with Crippen molar-refractivity contribution < 1.29 is 4.74 Å². The van der Waals surface area contributed by atoms with Crippen LogP contribution >= 0.6 is 15.9 Å². The number of nitrogens with zero attached hydrogens (tertiary/aromatic N) is 1. The van der Waals surface area contributed by atoms with E-state index in [-0.39, 0.29) is 0 Å². The van der Waals surface area contributed by atoms with Gasteiger partial charge in [-0.15, -0.1) is 0 Å². The SMILES string of the molecule is Cc1ccnc(OCC2CC=CCC2C)c1Br. The number of aromatic nitrogens is 1. The van der Waals surface area contributed by atoms with Gasteiger partial charge in [-0.3, -0.25) is 0 Å². The first kappa shape index (κ1) is 12.6. The molecule has 2 nitrogen and oxygen atoms in total. The molecule has 1 aromatic rings. The number of halogens is 1. The molecule has 1 heterocycles. The normalized spacial score (nSPS) is 23.7. The Morgan fingerprint density at radius 1 is 1.41 bits per heavy atom. The van der Waals surface area contributed by atoms with Gasteiger partial charge in [0, 0.05) is 6.20 Å². The molecule has 2 atom stereocenters. The van der Waals surface area contributed by atoms with E-state index in [1.165, 1.54) is 0 Å². The van der Waals surface area contributed by atoms with Crippen molar-refractivity contribution in [3.8, 4) is 5.88 Å². The zero-order chi connectivity index (χ0) is 12.3. The molecule has 0 spiro atoms. The third-order valence-corrected chi connectivity index (χ3v) is 4.37. The zero-order valence-corrected chi connectivity index (χ0v) is 11.9. The largest absolute Gasteiger partial charge is 0.477 e. The van der Waals surface area contributed by atoms with E-state index >= 15 is 0 Å². The molecule has 0 fully saturated rings. The van der Waals surface area contributed by atoms with Gasteiger partial charge in [-0.25, -0.2) is 4.98 Å². The Balaban J connectivity index is 1.98. The van der Waals surface area contributed by atoms with Gasteiger partial charge in [-0.1, -0.05) is 19.1 Å². The molecule has 1 aliphatic rings. The number of allylic oxidation sites excluding steroid dienone is 2. The van der Waals surface area contributed by atoms with Gasteiger partial charge in [0.25, 0.3) is 0 Å². The van der Waals surface area contributed by atoms with Crippen LogP contribution in [0.5, 0.6) is 5.88 Å². The molecule has 17 heavy (non-hydrogen) atoms. The van der Waals surface area contributed by atoms with Crippen LogP contribution in [0.4, 0.5) is 0 Å². The van der Waals surface area contributed by atoms with Crippen molar-refractivity contribution in [3.63, 3.8) is 0 Å². The van der Waals surface area contributed by atoms with Crippen molar-refractivity contribution in [3.05, 3.63) is 34.5 Å². The quantitative estimate of drug-likeness (QED) is 0.782. The van der Waals surface area contributed by atoms with Crippen LogP contribution in [0.1, 0.15) is 25.3 Å². The second-order valence-electron chi connectivity index (χ2n) is 4.74. The summed E-state index contributed by atoms with van der Waals surface area (Å²) in [5.41, 5.74) is 1.16. The Hall–Kier alpha value is -0.830. The second-order valence-corrected chi connectivity index (χ2v) is 5.53. The molecule has 92 valence electrons. The van der Waals surface area contributed by atoms with Crippen molar-refractivity contribution >= 4 is 15.9 Å². The van der Waals surface area contributed by atoms with Crippen molar-refractivity contribution in [1.29, 1.82) is 0 Å². The first-order chi connectivity index (χ1) is 8.18. The zero-order valence-electron chi connectivity index (χ0n) is 10.3. The number of pyridine rings is 1. The fourth-order valence-electron chi connectivity index (χ4n) is 2.04. The van der Waals surface area contributed by atoms with E-state index < -0.39 is 0 Å². The van der Waals surface area contributed by atoms with E-state index in [1.54, 1.807) is 6.20 Å². The highest BCUT2D eigenvalue weighted by Gasteiger charge is 2.19. The third-order valence-electron chi connectivity index (χ3n) is 3.40. The summed E-state index contributed by atoms with van der Waals surface area (Å²) in [5, 5.41) is 0. The smallest absolute Gasteiger partial charge is 0.228 e. The van der Waals surface area contributed by atoms with Crippen molar-refractivity contribution in [2.24, 2.45) is 11.8 Å². The van der Waals surface area contributed by atoms with E-state index in [2.05, 4.69) is 40.0 Å². The summed E-state index contributed by atoms with van der Waals surface area (Å²) in [4.78, 5) is 4.26. The fraction of sp³-hybridized carbons (Fsp3) is 0.500. The fourth-order valence-corrected chi connectivity index (χ4v) is 2.39. The lowest BCUT2D eigenvalue weighted by atomic mass is 9.85. The molecule has 3 heteroatoms. The van der Waals surface area contributed by atoms with E-state index in [4.69, 9.17) is 4.74 Å². The maximum absolute atomic E-state index is 5.84. The molecule has 1 aliphatic carbocycles. The van der Waals surface area contributed by atoms with Crippen LogP contribution in [-0.2, 0) is 0 Å². The van der Waals surface area contributed by atoms with Crippen molar-refractivity contribution in [2.45, 2.75) is 26.7 Å². The van der Waals surface area contributed by atoms with Crippen LogP contribution in [-0.4, -0.2) is 11.6 Å². The molecule has 0 amide bonds. The monoisotopic (exact) mass is 295 g/mol. The van der Waals surface area contributed by atoms with Crippen molar-refractivity contribution in [1.82, 2.24) is 4.98 Å². The summed E-state index contributed by atoms with van der Waals surface area (Å²) in [6.45, 7) is 5.08. The predicted molar refractivity (Wildman–Crippen MR) is 73.2 cm³/mol. The van der Waals surface area contributed by atoms with Gasteiger partial charge in [0.2, 0.25) is 5.88 Å². The van der Waals surface area contributed by atoms with E-state index in [0.717, 1.165) is 29.5 Å². The molecular formula is C14H18BrNO. The number of hydrogen-bond donors (Lipinski definition) is 0. The highest BCUT2D eigenvalue weighted by molar-refractivity contribution is 9.10. The summed E-state index contributed by atoms with van der Waals surface area (Å²) in [5.74, 6) is 2.02. The number of rotatable bonds is 3. The van der Waals surface area contributed by atoms with Gasteiger partial charge in [0.15, 0.2) is 0 Å². The number of hydrogen-bond acceptors (Lipinski definition) is 2. The average molecular weight is 296 g/mol. The van der Waals surface area contributed by atoms with Gasteiger partial charge in [0.1, 0.15) is 0 Å². The minimum atomic E-state index is 0.606. The van der Waals surface area contributed by atoms with Crippen molar-refractivity contribution in [2.75, 3.05) is 6.61 Å². The molecule has 0 saturated heterocycles. The molecule has 0 aromatic carbocycles. The standard InChI is InChI=1S/C14H18BrNO/c1-10-5-3-4-6-12(10)9-17-14-13(15)11(2)7-8-16-14/h3-4,7-8,10,12H,5-6,9H2,1-2H3. The Bertz CT molecular complexity index is 417. The molecule has 2 unspecified atom stereocenters. The molecule has 2 rings (SSSR count). The highest BCUT2D eigenvalue weighted by Crippen LogP contribution is 2.29. The van der Waals surface area contributed by atoms with Crippen LogP contribution in [0.2, 0.25) is 0 Å². The Morgan fingerprint density at radius 3 is 2.94 bits per heavy atom. The van der Waals surface area contributed by atoms with Crippen LogP contribution < -0.4 is 4.74 Å². The van der Waals surface area contributed by atoms with E-state index in [9.17, 15) is 0 Å². The molecule has 0 saturated carbocycles. The molecule has 0 aliphatic heterocycles. The van der Waals surface area contributed by atoms with Crippen LogP contribution in [0, 0.1) is 18.8 Å². The maximum Gasteiger partial charge on any atom is 0.228 e. The summed E-state index contributed by atoms with van der Waals surface area (Å²) >= 11 is 3.52. The lowest BCUT2D eigenvalue weighted by molar-refractivity contribution is 0.191. The molecular weight excluding hydrogens is 278 g/mol. The minimum Gasteiger partial charge on any atom is -0.477 e. The Kier molecular flexibility index (Phi) is 4.21. The minimum absolute atomic E-state index is 0.606. The van der Waals surface area contributed by atoms with Gasteiger partial charge < -0.3 is 4.74 Å². The summed E-state index contributed by atoms with van der Waals surface area (Å²) in [6, 6.07) is 1.98. The molecule has 1 aromatic heterocycles. The Morgan fingerprint density at radius 2 is 2.18 bits per heavy atom. The topological polar surface area (TPSA) is 22.1 Å². The second kappa shape index (κ2) is 5.67. The lowest BCUT2D eigenvalue weighted by Gasteiger charge is -2.25. The highest BCUT2D eigenvalue weighted by atomic mass is 79.9. The third kappa shape index (κ3) is 3.09. The van der Waals surface area contributed by atoms with Gasteiger partial charge in [-0.2, -0.15) is 0 Å².